The number of amides is 1. The van der Waals surface area contributed by atoms with Crippen LogP contribution < -0.4 is 5.32 Å². The van der Waals surface area contributed by atoms with Crippen LogP contribution in [0.5, 0.6) is 0 Å². The van der Waals surface area contributed by atoms with Crippen LogP contribution in [0, 0.1) is 6.92 Å². The first-order valence-electron chi connectivity index (χ1n) is 7.67. The molecule has 22 heavy (non-hydrogen) atoms. The van der Waals surface area contributed by atoms with E-state index in [0.717, 1.165) is 41.6 Å². The van der Waals surface area contributed by atoms with Gasteiger partial charge in [-0.3, -0.25) is 4.79 Å². The summed E-state index contributed by atoms with van der Waals surface area (Å²) >= 11 is 1.54. The minimum atomic E-state index is 0.128. The lowest BCUT2D eigenvalue weighted by atomic mass is 10.2. The molecule has 116 valence electrons. The summed E-state index contributed by atoms with van der Waals surface area (Å²) in [6.07, 6.45) is 0.788. The van der Waals surface area contributed by atoms with E-state index in [0.29, 0.717) is 0 Å². The van der Waals surface area contributed by atoms with Crippen LogP contribution in [0.3, 0.4) is 0 Å². The number of benzene rings is 1. The van der Waals surface area contributed by atoms with E-state index < -0.39 is 0 Å². The number of carbonyl (C=O) groups excluding carboxylic acids is 1. The second-order valence-corrected chi connectivity index (χ2v) is 6.82. The van der Waals surface area contributed by atoms with Gasteiger partial charge in [0, 0.05) is 32.1 Å². The lowest BCUT2D eigenvalue weighted by molar-refractivity contribution is 0.0660. The Kier molecular flexibility index (Phi) is 4.55. The van der Waals surface area contributed by atoms with Crippen molar-refractivity contribution in [1.82, 2.24) is 15.2 Å². The van der Waals surface area contributed by atoms with Crippen molar-refractivity contribution >= 4 is 17.2 Å². The van der Waals surface area contributed by atoms with Gasteiger partial charge in [-0.15, -0.1) is 11.3 Å². The average molecular weight is 315 g/mol. The molecular weight excluding hydrogens is 294 g/mol. The maximum atomic E-state index is 12.8. The molecule has 1 aliphatic rings. The zero-order valence-electron chi connectivity index (χ0n) is 13.0. The average Bonchev–Trinajstić information content (AvgIpc) is 2.88. The molecular formula is C17H21N3OS. The van der Waals surface area contributed by atoms with E-state index in [-0.39, 0.29) is 11.9 Å². The van der Waals surface area contributed by atoms with Crippen molar-refractivity contribution in [3.63, 3.8) is 0 Å². The SMILES string of the molecule is Cc1nc(Cc2ccccc2)sc1C(=O)N1CCNCC1C. The highest BCUT2D eigenvalue weighted by Crippen LogP contribution is 2.23. The largest absolute Gasteiger partial charge is 0.333 e. The standard InChI is InChI=1S/C17H21N3OS/c1-12-11-18-8-9-20(12)17(21)16-13(2)19-15(22-16)10-14-6-4-3-5-7-14/h3-7,12,18H,8-11H2,1-2H3. The smallest absolute Gasteiger partial charge is 0.266 e. The van der Waals surface area contributed by atoms with Crippen LogP contribution in [0.2, 0.25) is 0 Å². The van der Waals surface area contributed by atoms with E-state index in [1.54, 1.807) is 0 Å². The van der Waals surface area contributed by atoms with E-state index in [1.165, 1.54) is 16.9 Å². The van der Waals surface area contributed by atoms with Gasteiger partial charge in [0.1, 0.15) is 4.88 Å². The Morgan fingerprint density at radius 1 is 1.41 bits per heavy atom. The Bertz CT molecular complexity index is 653. The predicted molar refractivity (Wildman–Crippen MR) is 89.5 cm³/mol. The molecule has 1 aromatic carbocycles. The zero-order chi connectivity index (χ0) is 15.5. The fourth-order valence-corrected chi connectivity index (χ4v) is 3.82. The highest BCUT2D eigenvalue weighted by atomic mass is 32.1. The fraction of sp³-hybridized carbons (Fsp3) is 0.412. The van der Waals surface area contributed by atoms with Crippen molar-refractivity contribution in [2.24, 2.45) is 0 Å². The van der Waals surface area contributed by atoms with Gasteiger partial charge in [-0.2, -0.15) is 0 Å². The van der Waals surface area contributed by atoms with Crippen LogP contribution >= 0.6 is 11.3 Å². The number of hydrogen-bond acceptors (Lipinski definition) is 4. The van der Waals surface area contributed by atoms with Gasteiger partial charge in [0.25, 0.3) is 5.91 Å². The maximum Gasteiger partial charge on any atom is 0.266 e. The van der Waals surface area contributed by atoms with Crippen molar-refractivity contribution in [3.8, 4) is 0 Å². The summed E-state index contributed by atoms with van der Waals surface area (Å²) in [6, 6.07) is 10.5. The second-order valence-electron chi connectivity index (χ2n) is 5.74. The normalized spacial score (nSPS) is 18.5. The predicted octanol–water partition coefficient (Wildman–Crippen LogP) is 2.48. The van der Waals surface area contributed by atoms with Crippen molar-refractivity contribution in [2.75, 3.05) is 19.6 Å². The summed E-state index contributed by atoms with van der Waals surface area (Å²) in [5.41, 5.74) is 2.08. The second kappa shape index (κ2) is 6.58. The van der Waals surface area contributed by atoms with Crippen LogP contribution in [0.4, 0.5) is 0 Å². The quantitative estimate of drug-likeness (QED) is 0.946. The van der Waals surface area contributed by atoms with Gasteiger partial charge in [0.05, 0.1) is 10.7 Å². The summed E-state index contributed by atoms with van der Waals surface area (Å²) in [7, 11) is 0. The van der Waals surface area contributed by atoms with E-state index in [4.69, 9.17) is 0 Å². The molecule has 1 unspecified atom stereocenters. The van der Waals surface area contributed by atoms with E-state index >= 15 is 0 Å². The molecule has 1 aliphatic heterocycles. The van der Waals surface area contributed by atoms with Crippen LogP contribution in [0.1, 0.15) is 32.9 Å². The molecule has 5 heteroatoms. The maximum absolute atomic E-state index is 12.8. The number of thiazole rings is 1. The Labute approximate surface area is 135 Å². The third kappa shape index (κ3) is 3.20. The van der Waals surface area contributed by atoms with E-state index in [2.05, 4.69) is 29.4 Å². The highest BCUT2D eigenvalue weighted by molar-refractivity contribution is 7.13. The number of nitrogens with one attached hydrogen (secondary N) is 1. The first-order chi connectivity index (χ1) is 10.6. The molecule has 3 rings (SSSR count). The number of nitrogens with zero attached hydrogens (tertiary/aromatic N) is 2. The fourth-order valence-electron chi connectivity index (χ4n) is 2.77. The molecule has 1 atom stereocenters. The number of piperazine rings is 1. The first-order valence-corrected chi connectivity index (χ1v) is 8.48. The summed E-state index contributed by atoms with van der Waals surface area (Å²) in [6.45, 7) is 6.52. The van der Waals surface area contributed by atoms with Gasteiger partial charge < -0.3 is 10.2 Å². The molecule has 1 fully saturated rings. The molecule has 0 bridgehead atoms. The first kappa shape index (κ1) is 15.2. The Balaban J connectivity index is 1.78. The van der Waals surface area contributed by atoms with Gasteiger partial charge in [0.15, 0.2) is 0 Å². The van der Waals surface area contributed by atoms with Crippen LogP contribution in [-0.4, -0.2) is 41.5 Å². The van der Waals surface area contributed by atoms with Gasteiger partial charge in [-0.1, -0.05) is 30.3 Å². The van der Waals surface area contributed by atoms with Gasteiger partial charge in [-0.25, -0.2) is 4.98 Å². The van der Waals surface area contributed by atoms with Crippen molar-refractivity contribution < 1.29 is 4.79 Å². The van der Waals surface area contributed by atoms with Gasteiger partial charge in [0.2, 0.25) is 0 Å². The highest BCUT2D eigenvalue weighted by Gasteiger charge is 2.27. The number of rotatable bonds is 3. The molecule has 1 saturated heterocycles. The Morgan fingerprint density at radius 3 is 2.91 bits per heavy atom. The minimum Gasteiger partial charge on any atom is -0.333 e. The van der Waals surface area contributed by atoms with Crippen molar-refractivity contribution in [2.45, 2.75) is 26.3 Å². The molecule has 1 amide bonds. The zero-order valence-corrected chi connectivity index (χ0v) is 13.8. The topological polar surface area (TPSA) is 45.2 Å². The number of carbonyl (C=O) groups is 1. The number of aryl methyl sites for hydroxylation is 1. The molecule has 0 radical (unpaired) electrons. The molecule has 0 spiro atoms. The van der Waals surface area contributed by atoms with E-state index in [9.17, 15) is 4.79 Å². The third-order valence-electron chi connectivity index (χ3n) is 4.00. The molecule has 1 aromatic heterocycles. The summed E-state index contributed by atoms with van der Waals surface area (Å²) in [5.74, 6) is 0.128. The summed E-state index contributed by atoms with van der Waals surface area (Å²) in [5, 5.41) is 4.33. The lowest BCUT2D eigenvalue weighted by Gasteiger charge is -2.33. The minimum absolute atomic E-state index is 0.128. The molecule has 1 N–H and O–H groups in total. The number of aromatic nitrogens is 1. The summed E-state index contributed by atoms with van der Waals surface area (Å²) in [4.78, 5) is 20.1. The van der Waals surface area contributed by atoms with E-state index in [1.807, 2.05) is 30.0 Å². The van der Waals surface area contributed by atoms with Crippen molar-refractivity contribution in [1.29, 1.82) is 0 Å². The lowest BCUT2D eigenvalue weighted by Crippen LogP contribution is -2.52. The monoisotopic (exact) mass is 315 g/mol. The van der Waals surface area contributed by atoms with Crippen LogP contribution in [0.25, 0.3) is 0 Å². The summed E-state index contributed by atoms with van der Waals surface area (Å²) < 4.78 is 0. The molecule has 2 aromatic rings. The van der Waals surface area contributed by atoms with Gasteiger partial charge in [-0.05, 0) is 19.4 Å². The van der Waals surface area contributed by atoms with Gasteiger partial charge >= 0.3 is 0 Å². The Morgan fingerprint density at radius 2 is 2.18 bits per heavy atom. The third-order valence-corrected chi connectivity index (χ3v) is 5.14. The molecule has 0 saturated carbocycles. The molecule has 4 nitrogen and oxygen atoms in total. The molecule has 2 heterocycles. The van der Waals surface area contributed by atoms with Crippen LogP contribution in [-0.2, 0) is 6.42 Å². The van der Waals surface area contributed by atoms with Crippen molar-refractivity contribution in [3.05, 3.63) is 51.5 Å². The molecule has 0 aliphatic carbocycles. The number of hydrogen-bond donors (Lipinski definition) is 1. The van der Waals surface area contributed by atoms with Crippen LogP contribution in [0.15, 0.2) is 30.3 Å². The Hall–Kier alpha value is -1.72.